The van der Waals surface area contributed by atoms with Gasteiger partial charge in [0.15, 0.2) is 0 Å². The molecule has 2 rings (SSSR count). The van der Waals surface area contributed by atoms with Crippen LogP contribution in [-0.4, -0.2) is 28.4 Å². The van der Waals surface area contributed by atoms with Crippen molar-refractivity contribution in [2.75, 3.05) is 6.54 Å². The number of aliphatic carboxylic acids is 1. The van der Waals surface area contributed by atoms with Gasteiger partial charge in [-0.25, -0.2) is 4.39 Å². The van der Waals surface area contributed by atoms with Gasteiger partial charge in [0.05, 0.1) is 12.0 Å². The quantitative estimate of drug-likeness (QED) is 0.845. The third kappa shape index (κ3) is 2.50. The second-order valence-corrected chi connectivity index (χ2v) is 4.48. The third-order valence-electron chi connectivity index (χ3n) is 3.29. The zero-order chi connectivity index (χ0) is 14.0. The van der Waals surface area contributed by atoms with E-state index in [0.29, 0.717) is 5.56 Å². The van der Waals surface area contributed by atoms with E-state index in [0.717, 1.165) is 0 Å². The number of hydrogen-bond acceptors (Lipinski definition) is 2. The van der Waals surface area contributed by atoms with Crippen LogP contribution >= 0.6 is 0 Å². The van der Waals surface area contributed by atoms with Gasteiger partial charge in [0, 0.05) is 13.0 Å². The SMILES string of the molecule is C=CCN1C(=O)CC(C(=O)O)C1c1ccc(F)cc1. The van der Waals surface area contributed by atoms with Crippen LogP contribution in [0.3, 0.4) is 0 Å². The first-order chi connectivity index (χ1) is 9.04. The van der Waals surface area contributed by atoms with Crippen molar-refractivity contribution in [3.63, 3.8) is 0 Å². The first-order valence-electron chi connectivity index (χ1n) is 5.93. The van der Waals surface area contributed by atoms with Crippen LogP contribution in [0.15, 0.2) is 36.9 Å². The number of halogens is 1. The summed E-state index contributed by atoms with van der Waals surface area (Å²) in [6, 6.07) is 5.00. The minimum atomic E-state index is -1.02. The van der Waals surface area contributed by atoms with Crippen LogP contribution in [0.25, 0.3) is 0 Å². The second kappa shape index (κ2) is 5.22. The van der Waals surface area contributed by atoms with E-state index in [2.05, 4.69) is 6.58 Å². The number of carbonyl (C=O) groups excluding carboxylic acids is 1. The van der Waals surface area contributed by atoms with Gasteiger partial charge in [-0.1, -0.05) is 18.2 Å². The van der Waals surface area contributed by atoms with Crippen molar-refractivity contribution >= 4 is 11.9 Å². The maximum Gasteiger partial charge on any atom is 0.309 e. The Hall–Kier alpha value is -2.17. The molecule has 1 aliphatic heterocycles. The highest BCUT2D eigenvalue weighted by molar-refractivity contribution is 5.87. The summed E-state index contributed by atoms with van der Waals surface area (Å²) in [6.07, 6.45) is 1.52. The average molecular weight is 263 g/mol. The molecule has 1 aromatic carbocycles. The molecule has 0 radical (unpaired) electrons. The molecule has 100 valence electrons. The standard InChI is InChI=1S/C14H14FNO3/c1-2-7-16-12(17)8-11(14(18)19)13(16)9-3-5-10(15)6-4-9/h2-6,11,13H,1,7-8H2,(H,18,19). The van der Waals surface area contributed by atoms with Crippen molar-refractivity contribution in [3.05, 3.63) is 48.3 Å². The van der Waals surface area contributed by atoms with Gasteiger partial charge < -0.3 is 10.0 Å². The van der Waals surface area contributed by atoms with Crippen LogP contribution in [0, 0.1) is 11.7 Å². The van der Waals surface area contributed by atoms with Gasteiger partial charge in [-0.3, -0.25) is 9.59 Å². The Kier molecular flexibility index (Phi) is 3.64. The molecule has 1 fully saturated rings. The Morgan fingerprint density at radius 2 is 2.11 bits per heavy atom. The van der Waals surface area contributed by atoms with E-state index in [9.17, 15) is 19.1 Å². The zero-order valence-electron chi connectivity index (χ0n) is 10.3. The summed E-state index contributed by atoms with van der Waals surface area (Å²) in [6.45, 7) is 3.85. The lowest BCUT2D eigenvalue weighted by Crippen LogP contribution is -2.30. The first kappa shape index (κ1) is 13.3. The zero-order valence-corrected chi connectivity index (χ0v) is 10.3. The Bertz CT molecular complexity index is 512. The first-order valence-corrected chi connectivity index (χ1v) is 5.93. The highest BCUT2D eigenvalue weighted by atomic mass is 19.1. The van der Waals surface area contributed by atoms with Crippen LogP contribution in [0.2, 0.25) is 0 Å². The number of benzene rings is 1. The summed E-state index contributed by atoms with van der Waals surface area (Å²) in [5.41, 5.74) is 0.626. The van der Waals surface area contributed by atoms with E-state index in [1.165, 1.54) is 29.2 Å². The maximum atomic E-state index is 12.9. The molecule has 0 saturated carbocycles. The number of carbonyl (C=O) groups is 2. The summed E-state index contributed by atoms with van der Waals surface area (Å²) in [5, 5.41) is 9.22. The number of hydrogen-bond donors (Lipinski definition) is 1. The molecule has 1 amide bonds. The predicted octanol–water partition coefficient (Wildman–Crippen LogP) is 1.99. The molecule has 2 atom stereocenters. The topological polar surface area (TPSA) is 57.6 Å². The third-order valence-corrected chi connectivity index (χ3v) is 3.29. The van der Waals surface area contributed by atoms with Crippen molar-refractivity contribution in [2.45, 2.75) is 12.5 Å². The number of nitrogens with zero attached hydrogens (tertiary/aromatic N) is 1. The van der Waals surface area contributed by atoms with Gasteiger partial charge in [0.2, 0.25) is 5.91 Å². The maximum absolute atomic E-state index is 12.9. The molecule has 0 spiro atoms. The predicted molar refractivity (Wildman–Crippen MR) is 66.8 cm³/mol. The molecular weight excluding hydrogens is 249 g/mol. The van der Waals surface area contributed by atoms with Gasteiger partial charge in [-0.15, -0.1) is 6.58 Å². The van der Waals surface area contributed by atoms with Crippen LogP contribution in [0.1, 0.15) is 18.0 Å². The van der Waals surface area contributed by atoms with Crippen molar-refractivity contribution in [2.24, 2.45) is 5.92 Å². The summed E-state index contributed by atoms with van der Waals surface area (Å²) >= 11 is 0. The van der Waals surface area contributed by atoms with Crippen molar-refractivity contribution in [1.29, 1.82) is 0 Å². The van der Waals surface area contributed by atoms with Gasteiger partial charge >= 0.3 is 5.97 Å². The minimum Gasteiger partial charge on any atom is -0.481 e. The van der Waals surface area contributed by atoms with Crippen LogP contribution < -0.4 is 0 Å². The molecule has 1 saturated heterocycles. The Morgan fingerprint density at radius 1 is 1.47 bits per heavy atom. The highest BCUT2D eigenvalue weighted by Crippen LogP contribution is 2.38. The highest BCUT2D eigenvalue weighted by Gasteiger charge is 2.44. The Balaban J connectivity index is 2.39. The lowest BCUT2D eigenvalue weighted by Gasteiger charge is -2.26. The van der Waals surface area contributed by atoms with E-state index in [1.54, 1.807) is 6.08 Å². The van der Waals surface area contributed by atoms with E-state index in [-0.39, 0.29) is 18.9 Å². The van der Waals surface area contributed by atoms with E-state index < -0.39 is 23.7 Å². The summed E-state index contributed by atoms with van der Waals surface area (Å²) < 4.78 is 12.9. The molecule has 1 N–H and O–H groups in total. The molecule has 5 heteroatoms. The summed E-state index contributed by atoms with van der Waals surface area (Å²) in [7, 11) is 0. The lowest BCUT2D eigenvalue weighted by molar-refractivity contribution is -0.142. The van der Waals surface area contributed by atoms with E-state index in [4.69, 9.17) is 0 Å². The van der Waals surface area contributed by atoms with E-state index in [1.807, 2.05) is 0 Å². The number of amides is 1. The Labute approximate surface area is 110 Å². The fraction of sp³-hybridized carbons (Fsp3) is 0.286. The molecular formula is C14H14FNO3. The number of carboxylic acids is 1. The lowest BCUT2D eigenvalue weighted by atomic mass is 9.94. The fourth-order valence-corrected chi connectivity index (χ4v) is 2.44. The fourth-order valence-electron chi connectivity index (χ4n) is 2.44. The summed E-state index contributed by atoms with van der Waals surface area (Å²) in [4.78, 5) is 24.6. The number of likely N-dealkylation sites (tertiary alicyclic amines) is 1. The molecule has 4 nitrogen and oxygen atoms in total. The molecule has 1 heterocycles. The monoisotopic (exact) mass is 263 g/mol. The van der Waals surface area contributed by atoms with Gasteiger partial charge in [0.25, 0.3) is 0 Å². The van der Waals surface area contributed by atoms with Crippen molar-refractivity contribution in [1.82, 2.24) is 4.90 Å². The van der Waals surface area contributed by atoms with Gasteiger partial charge in [-0.05, 0) is 17.7 Å². The largest absolute Gasteiger partial charge is 0.481 e. The van der Waals surface area contributed by atoms with Crippen molar-refractivity contribution < 1.29 is 19.1 Å². The molecule has 0 aliphatic carbocycles. The van der Waals surface area contributed by atoms with Crippen LogP contribution in [-0.2, 0) is 9.59 Å². The number of carboxylic acid groups (broad SMARTS) is 1. The second-order valence-electron chi connectivity index (χ2n) is 4.48. The van der Waals surface area contributed by atoms with Crippen LogP contribution in [0.5, 0.6) is 0 Å². The van der Waals surface area contributed by atoms with Gasteiger partial charge in [0.1, 0.15) is 5.82 Å². The number of rotatable bonds is 4. The normalized spacial score (nSPS) is 22.6. The Morgan fingerprint density at radius 3 is 2.63 bits per heavy atom. The molecule has 19 heavy (non-hydrogen) atoms. The average Bonchev–Trinajstić information content (AvgIpc) is 2.69. The van der Waals surface area contributed by atoms with Crippen molar-refractivity contribution in [3.8, 4) is 0 Å². The molecule has 0 aromatic heterocycles. The molecule has 1 aromatic rings. The minimum absolute atomic E-state index is 0.0365. The van der Waals surface area contributed by atoms with E-state index >= 15 is 0 Å². The smallest absolute Gasteiger partial charge is 0.309 e. The molecule has 0 bridgehead atoms. The molecule has 1 aliphatic rings. The van der Waals surface area contributed by atoms with Crippen LogP contribution in [0.4, 0.5) is 4.39 Å². The molecule has 2 unspecified atom stereocenters. The van der Waals surface area contributed by atoms with Gasteiger partial charge in [-0.2, -0.15) is 0 Å². The summed E-state index contributed by atoms with van der Waals surface area (Å²) in [5.74, 6) is -2.44.